The lowest BCUT2D eigenvalue weighted by Gasteiger charge is -2.21. The maximum Gasteiger partial charge on any atom is 0.0541 e. The zero-order valence-corrected chi connectivity index (χ0v) is 22.7. The van der Waals surface area contributed by atoms with Crippen molar-refractivity contribution in [2.75, 3.05) is 0 Å². The van der Waals surface area contributed by atoms with Gasteiger partial charge in [-0.2, -0.15) is 0 Å². The number of nitrogens with zero attached hydrogens (tertiary/aromatic N) is 1. The van der Waals surface area contributed by atoms with Gasteiger partial charge in [-0.3, -0.25) is 0 Å². The lowest BCUT2D eigenvalue weighted by atomic mass is 9.82. The number of fused-ring (bicyclic) bond motifs is 6. The van der Waals surface area contributed by atoms with Gasteiger partial charge in [-0.15, -0.1) is 0 Å². The predicted octanol–water partition coefficient (Wildman–Crippen LogP) is 10.4. The van der Waals surface area contributed by atoms with Gasteiger partial charge in [-0.25, -0.2) is 0 Å². The Morgan fingerprint density at radius 2 is 1.07 bits per heavy atom. The molecule has 7 aromatic rings. The van der Waals surface area contributed by atoms with E-state index in [9.17, 15) is 0 Å². The third-order valence-electron chi connectivity index (χ3n) is 8.80. The van der Waals surface area contributed by atoms with Crippen LogP contribution in [0, 0.1) is 0 Å². The molecule has 1 heterocycles. The minimum atomic E-state index is 0.0239. The van der Waals surface area contributed by atoms with Crippen LogP contribution in [0.15, 0.2) is 140 Å². The maximum atomic E-state index is 2.41. The highest BCUT2D eigenvalue weighted by atomic mass is 15.0. The quantitative estimate of drug-likeness (QED) is 0.222. The number of hydrogen-bond donors (Lipinski definition) is 0. The van der Waals surface area contributed by atoms with Crippen LogP contribution in [0.3, 0.4) is 0 Å². The van der Waals surface area contributed by atoms with Crippen LogP contribution in [-0.4, -0.2) is 4.57 Å². The van der Waals surface area contributed by atoms with Gasteiger partial charge >= 0.3 is 0 Å². The van der Waals surface area contributed by atoms with E-state index in [-0.39, 0.29) is 5.41 Å². The second-order valence-electron chi connectivity index (χ2n) is 11.4. The fraction of sp³-hybridized carbons (Fsp3) is 0.0769. The molecular weight excluding hydrogens is 482 g/mol. The second-order valence-corrected chi connectivity index (χ2v) is 11.4. The molecule has 0 radical (unpaired) electrons. The Balaban J connectivity index is 1.30. The molecule has 190 valence electrons. The van der Waals surface area contributed by atoms with Crippen molar-refractivity contribution in [3.8, 4) is 39.1 Å². The van der Waals surface area contributed by atoms with Crippen molar-refractivity contribution in [1.29, 1.82) is 0 Å². The topological polar surface area (TPSA) is 4.93 Å². The van der Waals surface area contributed by atoms with Crippen molar-refractivity contribution in [1.82, 2.24) is 4.57 Å². The van der Waals surface area contributed by atoms with E-state index in [2.05, 4.69) is 158 Å². The molecule has 1 nitrogen and oxygen atoms in total. The molecule has 1 aromatic heterocycles. The Labute approximate surface area is 235 Å². The van der Waals surface area contributed by atoms with E-state index >= 15 is 0 Å². The molecule has 0 spiro atoms. The van der Waals surface area contributed by atoms with E-state index in [4.69, 9.17) is 0 Å². The van der Waals surface area contributed by atoms with Gasteiger partial charge in [0.15, 0.2) is 0 Å². The monoisotopic (exact) mass is 511 g/mol. The lowest BCUT2D eigenvalue weighted by molar-refractivity contribution is 0.660. The minimum absolute atomic E-state index is 0.0239. The third-order valence-corrected chi connectivity index (χ3v) is 8.80. The Morgan fingerprint density at radius 3 is 1.98 bits per heavy atom. The standard InChI is InChI=1S/C39H29N/c1-39(2)35-17-8-6-15-31(35)33-24-28(19-21-36(33)39)29-20-22-38-34(25-29)32-16-7-9-18-37(32)40(38)30-14-10-13-27(23-30)26-11-4-3-5-12-26/h3-25H,1-2H3. The summed E-state index contributed by atoms with van der Waals surface area (Å²) in [4.78, 5) is 0. The van der Waals surface area contributed by atoms with E-state index in [0.29, 0.717) is 0 Å². The van der Waals surface area contributed by atoms with Crippen LogP contribution < -0.4 is 0 Å². The highest BCUT2D eigenvalue weighted by molar-refractivity contribution is 6.10. The first-order valence-electron chi connectivity index (χ1n) is 14.0. The average Bonchev–Trinajstić information content (AvgIpc) is 3.46. The highest BCUT2D eigenvalue weighted by Gasteiger charge is 2.35. The van der Waals surface area contributed by atoms with Gasteiger partial charge in [0.1, 0.15) is 0 Å². The van der Waals surface area contributed by atoms with Crippen LogP contribution in [0.5, 0.6) is 0 Å². The summed E-state index contributed by atoms with van der Waals surface area (Å²) in [7, 11) is 0. The fourth-order valence-electron chi connectivity index (χ4n) is 6.79. The molecule has 0 atom stereocenters. The maximum absolute atomic E-state index is 2.41. The molecule has 0 aliphatic heterocycles. The first-order valence-corrected chi connectivity index (χ1v) is 14.0. The van der Waals surface area contributed by atoms with Crippen LogP contribution in [0.25, 0.3) is 60.9 Å². The van der Waals surface area contributed by atoms with E-state index in [1.807, 2.05) is 0 Å². The lowest BCUT2D eigenvalue weighted by Crippen LogP contribution is -2.14. The van der Waals surface area contributed by atoms with Gasteiger partial charge in [0.05, 0.1) is 11.0 Å². The van der Waals surface area contributed by atoms with Crippen molar-refractivity contribution in [2.24, 2.45) is 0 Å². The van der Waals surface area contributed by atoms with Crippen molar-refractivity contribution in [2.45, 2.75) is 19.3 Å². The minimum Gasteiger partial charge on any atom is -0.309 e. The molecule has 40 heavy (non-hydrogen) atoms. The summed E-state index contributed by atoms with van der Waals surface area (Å²) >= 11 is 0. The molecule has 1 heteroatoms. The molecule has 0 amide bonds. The number of hydrogen-bond acceptors (Lipinski definition) is 0. The van der Waals surface area contributed by atoms with Gasteiger partial charge in [0.25, 0.3) is 0 Å². The molecule has 0 fully saturated rings. The second kappa shape index (κ2) is 8.56. The molecule has 0 saturated carbocycles. The number of para-hydroxylation sites is 1. The SMILES string of the molecule is CC1(C)c2ccccc2-c2cc(-c3ccc4c(c3)c3ccccc3n4-c3cccc(-c4ccccc4)c3)ccc21. The predicted molar refractivity (Wildman–Crippen MR) is 169 cm³/mol. The molecule has 0 bridgehead atoms. The molecule has 0 unspecified atom stereocenters. The summed E-state index contributed by atoms with van der Waals surface area (Å²) in [5.74, 6) is 0. The largest absolute Gasteiger partial charge is 0.309 e. The smallest absolute Gasteiger partial charge is 0.0541 e. The molecule has 6 aromatic carbocycles. The van der Waals surface area contributed by atoms with Crippen LogP contribution in [0.1, 0.15) is 25.0 Å². The fourth-order valence-corrected chi connectivity index (χ4v) is 6.79. The van der Waals surface area contributed by atoms with Gasteiger partial charge < -0.3 is 4.57 Å². The first kappa shape index (κ1) is 23.0. The summed E-state index contributed by atoms with van der Waals surface area (Å²) in [5.41, 5.74) is 14.2. The molecule has 1 aliphatic carbocycles. The van der Waals surface area contributed by atoms with Gasteiger partial charge in [0, 0.05) is 21.9 Å². The number of benzene rings is 6. The normalized spacial score (nSPS) is 13.4. The molecule has 0 saturated heterocycles. The van der Waals surface area contributed by atoms with Crippen LogP contribution >= 0.6 is 0 Å². The zero-order chi connectivity index (χ0) is 26.8. The Hall–Kier alpha value is -4.88. The van der Waals surface area contributed by atoms with Crippen molar-refractivity contribution in [3.63, 3.8) is 0 Å². The third kappa shape index (κ3) is 3.34. The van der Waals surface area contributed by atoms with Gasteiger partial charge in [-0.05, 0) is 80.9 Å². The van der Waals surface area contributed by atoms with Crippen LogP contribution in [0.2, 0.25) is 0 Å². The van der Waals surface area contributed by atoms with E-state index in [1.165, 1.54) is 72.0 Å². The van der Waals surface area contributed by atoms with E-state index in [1.54, 1.807) is 0 Å². The molecule has 0 N–H and O–H groups in total. The van der Waals surface area contributed by atoms with Crippen molar-refractivity contribution in [3.05, 3.63) is 151 Å². The van der Waals surface area contributed by atoms with E-state index in [0.717, 1.165) is 0 Å². The summed E-state index contributed by atoms with van der Waals surface area (Å²) in [5, 5.41) is 2.55. The van der Waals surface area contributed by atoms with E-state index < -0.39 is 0 Å². The summed E-state index contributed by atoms with van der Waals surface area (Å²) < 4.78 is 2.41. The zero-order valence-electron chi connectivity index (χ0n) is 22.7. The molecule has 1 aliphatic rings. The van der Waals surface area contributed by atoms with Crippen molar-refractivity contribution >= 4 is 21.8 Å². The Kier molecular flexibility index (Phi) is 4.93. The summed E-state index contributed by atoms with van der Waals surface area (Å²) in [6.45, 7) is 4.68. The summed E-state index contributed by atoms with van der Waals surface area (Å²) in [6, 6.07) is 51.1. The number of aromatic nitrogens is 1. The van der Waals surface area contributed by atoms with Crippen LogP contribution in [0.4, 0.5) is 0 Å². The Bertz CT molecular complexity index is 2070. The van der Waals surface area contributed by atoms with Gasteiger partial charge in [-0.1, -0.05) is 117 Å². The van der Waals surface area contributed by atoms with Crippen LogP contribution in [-0.2, 0) is 5.41 Å². The molecule has 8 rings (SSSR count). The first-order chi connectivity index (χ1) is 19.6. The highest BCUT2D eigenvalue weighted by Crippen LogP contribution is 2.49. The van der Waals surface area contributed by atoms with Gasteiger partial charge in [0.2, 0.25) is 0 Å². The van der Waals surface area contributed by atoms with Crippen molar-refractivity contribution < 1.29 is 0 Å². The molecular formula is C39H29N. The summed E-state index contributed by atoms with van der Waals surface area (Å²) in [6.07, 6.45) is 0. The number of rotatable bonds is 3. The Morgan fingerprint density at radius 1 is 0.425 bits per heavy atom. The average molecular weight is 512 g/mol.